The summed E-state index contributed by atoms with van der Waals surface area (Å²) in [6.45, 7) is 0.420. The van der Waals surface area contributed by atoms with E-state index in [4.69, 9.17) is 23.2 Å². The third-order valence-electron chi connectivity index (χ3n) is 2.47. The Labute approximate surface area is 119 Å². The molecule has 2 heterocycles. The Morgan fingerprint density at radius 2 is 2.16 bits per heavy atom. The van der Waals surface area contributed by atoms with Gasteiger partial charge < -0.3 is 4.90 Å². The molecule has 0 aliphatic carbocycles. The van der Waals surface area contributed by atoms with E-state index in [1.54, 1.807) is 17.9 Å². The first-order valence-electron chi connectivity index (χ1n) is 5.39. The van der Waals surface area contributed by atoms with Gasteiger partial charge in [0.15, 0.2) is 10.3 Å². The van der Waals surface area contributed by atoms with Crippen molar-refractivity contribution < 1.29 is 4.79 Å². The molecule has 100 valence electrons. The van der Waals surface area contributed by atoms with Crippen LogP contribution >= 0.6 is 23.2 Å². The molecule has 6 nitrogen and oxygen atoms in total. The van der Waals surface area contributed by atoms with E-state index in [1.165, 1.54) is 11.0 Å². The molecule has 0 atom stereocenters. The molecule has 0 aliphatic heterocycles. The number of halogens is 2. The fourth-order valence-corrected chi connectivity index (χ4v) is 1.93. The molecule has 0 saturated carbocycles. The zero-order valence-corrected chi connectivity index (χ0v) is 11.9. The fourth-order valence-electron chi connectivity index (χ4n) is 1.61. The number of nitrogens with zero attached hydrogens (tertiary/aromatic N) is 5. The Morgan fingerprint density at radius 1 is 1.42 bits per heavy atom. The van der Waals surface area contributed by atoms with Crippen LogP contribution in [0.5, 0.6) is 0 Å². The van der Waals surface area contributed by atoms with Crippen molar-refractivity contribution in [2.45, 2.75) is 6.54 Å². The zero-order chi connectivity index (χ0) is 14.0. The van der Waals surface area contributed by atoms with Crippen LogP contribution in [0.4, 0.5) is 0 Å². The van der Waals surface area contributed by atoms with Gasteiger partial charge in [-0.1, -0.05) is 23.2 Å². The van der Waals surface area contributed by atoms with Crippen LogP contribution in [0.1, 0.15) is 15.9 Å². The summed E-state index contributed by atoms with van der Waals surface area (Å²) in [5, 5.41) is 11.4. The smallest absolute Gasteiger partial charge is 0.257 e. The molecule has 0 aliphatic rings. The van der Waals surface area contributed by atoms with Gasteiger partial charge in [-0.15, -0.1) is 10.2 Å². The Bertz CT molecular complexity index is 613. The minimum Gasteiger partial charge on any atom is -0.337 e. The maximum atomic E-state index is 12.2. The van der Waals surface area contributed by atoms with Crippen LogP contribution < -0.4 is 0 Å². The fraction of sp³-hybridized carbons (Fsp3) is 0.273. The summed E-state index contributed by atoms with van der Waals surface area (Å²) in [5.41, 5.74) is 1.15. The van der Waals surface area contributed by atoms with E-state index in [2.05, 4.69) is 15.3 Å². The van der Waals surface area contributed by atoms with Crippen LogP contribution in [-0.2, 0) is 13.6 Å². The number of hydrogen-bond acceptors (Lipinski definition) is 4. The number of carbonyl (C=O) groups is 1. The molecule has 0 saturated heterocycles. The molecule has 0 unspecified atom stereocenters. The molecule has 0 bridgehead atoms. The van der Waals surface area contributed by atoms with Crippen molar-refractivity contribution in [3.05, 3.63) is 39.9 Å². The second kappa shape index (κ2) is 5.54. The number of hydrogen-bond donors (Lipinski definition) is 0. The first-order valence-corrected chi connectivity index (χ1v) is 6.14. The van der Waals surface area contributed by atoms with E-state index in [0.29, 0.717) is 6.54 Å². The molecule has 19 heavy (non-hydrogen) atoms. The highest BCUT2D eigenvalue weighted by atomic mass is 35.5. The van der Waals surface area contributed by atoms with Crippen LogP contribution in [0.2, 0.25) is 10.3 Å². The summed E-state index contributed by atoms with van der Waals surface area (Å²) in [7, 11) is 3.48. The van der Waals surface area contributed by atoms with Crippen molar-refractivity contribution in [2.24, 2.45) is 7.05 Å². The number of carbonyl (C=O) groups excluding carboxylic acids is 1. The average molecular weight is 300 g/mol. The highest BCUT2D eigenvalue weighted by Gasteiger charge is 2.18. The zero-order valence-electron chi connectivity index (χ0n) is 10.3. The van der Waals surface area contributed by atoms with Crippen molar-refractivity contribution >= 4 is 29.1 Å². The van der Waals surface area contributed by atoms with Gasteiger partial charge in [0.1, 0.15) is 0 Å². The summed E-state index contributed by atoms with van der Waals surface area (Å²) >= 11 is 11.6. The molecule has 2 rings (SSSR count). The van der Waals surface area contributed by atoms with Crippen LogP contribution in [0.25, 0.3) is 0 Å². The minimum atomic E-state index is -0.273. The summed E-state index contributed by atoms with van der Waals surface area (Å²) in [5.74, 6) is -0.273. The minimum absolute atomic E-state index is 0.0347. The van der Waals surface area contributed by atoms with E-state index >= 15 is 0 Å². The lowest BCUT2D eigenvalue weighted by molar-refractivity contribution is 0.0784. The molecular formula is C11H11Cl2N5O. The number of aryl methyl sites for hydroxylation is 1. The third-order valence-corrected chi connectivity index (χ3v) is 2.94. The Kier molecular flexibility index (Phi) is 4.01. The third kappa shape index (κ3) is 3.21. The maximum Gasteiger partial charge on any atom is 0.257 e. The van der Waals surface area contributed by atoms with E-state index in [0.717, 1.165) is 5.56 Å². The molecule has 0 fully saturated rings. The summed E-state index contributed by atoms with van der Waals surface area (Å²) in [6.07, 6.45) is 3.53. The first-order chi connectivity index (χ1) is 8.97. The van der Waals surface area contributed by atoms with Crippen molar-refractivity contribution in [1.82, 2.24) is 24.9 Å². The number of rotatable bonds is 3. The second-order valence-corrected chi connectivity index (χ2v) is 4.80. The normalized spacial score (nSPS) is 10.5. The summed E-state index contributed by atoms with van der Waals surface area (Å²) < 4.78 is 1.67. The van der Waals surface area contributed by atoms with Crippen molar-refractivity contribution in [3.63, 3.8) is 0 Å². The van der Waals surface area contributed by atoms with Gasteiger partial charge in [0.25, 0.3) is 5.91 Å². The van der Waals surface area contributed by atoms with E-state index in [-0.39, 0.29) is 21.8 Å². The lowest BCUT2D eigenvalue weighted by Crippen LogP contribution is -2.26. The summed E-state index contributed by atoms with van der Waals surface area (Å²) in [4.78, 5) is 13.7. The molecule has 0 radical (unpaired) electrons. The Morgan fingerprint density at radius 3 is 2.79 bits per heavy atom. The predicted molar refractivity (Wildman–Crippen MR) is 71.1 cm³/mol. The molecule has 2 aromatic rings. The largest absolute Gasteiger partial charge is 0.337 e. The molecule has 0 N–H and O–H groups in total. The topological polar surface area (TPSA) is 63.9 Å². The van der Waals surface area contributed by atoms with E-state index in [9.17, 15) is 4.79 Å². The van der Waals surface area contributed by atoms with Crippen LogP contribution in [-0.4, -0.2) is 37.8 Å². The molecular weight excluding hydrogens is 289 g/mol. The first kappa shape index (κ1) is 13.8. The van der Waals surface area contributed by atoms with Crippen LogP contribution in [0.3, 0.4) is 0 Å². The quantitative estimate of drug-likeness (QED) is 0.867. The highest BCUT2D eigenvalue weighted by molar-refractivity contribution is 6.34. The second-order valence-electron chi connectivity index (χ2n) is 4.06. The molecule has 0 spiro atoms. The Hall–Kier alpha value is -1.66. The van der Waals surface area contributed by atoms with Gasteiger partial charge in [0, 0.05) is 32.4 Å². The predicted octanol–water partition coefficient (Wildman–Crippen LogP) is 1.79. The molecule has 0 aromatic carbocycles. The van der Waals surface area contributed by atoms with Gasteiger partial charge in [0.05, 0.1) is 11.8 Å². The molecule has 2 aromatic heterocycles. The lowest BCUT2D eigenvalue weighted by atomic mass is 10.2. The number of amides is 1. The van der Waals surface area contributed by atoms with Gasteiger partial charge in [-0.2, -0.15) is 5.10 Å². The Balaban J connectivity index is 2.16. The summed E-state index contributed by atoms with van der Waals surface area (Å²) in [6, 6.07) is 1.40. The monoisotopic (exact) mass is 299 g/mol. The maximum absolute atomic E-state index is 12.2. The van der Waals surface area contributed by atoms with Gasteiger partial charge >= 0.3 is 0 Å². The van der Waals surface area contributed by atoms with Gasteiger partial charge in [-0.3, -0.25) is 9.48 Å². The number of aromatic nitrogens is 4. The SMILES string of the molecule is CN(Cc1cnn(C)c1)C(=O)c1cc(Cl)nnc1Cl. The standard InChI is InChI=1S/C11H11Cl2N5O/c1-17(5-7-4-14-18(2)6-7)11(19)8-3-9(12)15-16-10(8)13/h3-4,6H,5H2,1-2H3. The van der Waals surface area contributed by atoms with Gasteiger partial charge in [-0.25, -0.2) is 0 Å². The van der Waals surface area contributed by atoms with Crippen LogP contribution in [0.15, 0.2) is 18.5 Å². The van der Waals surface area contributed by atoms with Crippen molar-refractivity contribution in [2.75, 3.05) is 7.05 Å². The molecule has 8 heteroatoms. The molecule has 1 amide bonds. The van der Waals surface area contributed by atoms with Gasteiger partial charge in [0.2, 0.25) is 0 Å². The van der Waals surface area contributed by atoms with Gasteiger partial charge in [-0.05, 0) is 6.07 Å². The highest BCUT2D eigenvalue weighted by Crippen LogP contribution is 2.17. The van der Waals surface area contributed by atoms with E-state index in [1.807, 2.05) is 13.2 Å². The lowest BCUT2D eigenvalue weighted by Gasteiger charge is -2.16. The van der Waals surface area contributed by atoms with E-state index < -0.39 is 0 Å². The van der Waals surface area contributed by atoms with Crippen molar-refractivity contribution in [3.8, 4) is 0 Å². The van der Waals surface area contributed by atoms with Crippen molar-refractivity contribution in [1.29, 1.82) is 0 Å². The van der Waals surface area contributed by atoms with Crippen LogP contribution in [0, 0.1) is 0 Å². The average Bonchev–Trinajstić information content (AvgIpc) is 2.77.